The number of esters is 1. The second-order valence-corrected chi connectivity index (χ2v) is 9.21. The highest BCUT2D eigenvalue weighted by Gasteiger charge is 2.27. The quantitative estimate of drug-likeness (QED) is 0.115. The average Bonchev–Trinajstić information content (AvgIpc) is 3.76. The number of amides is 1. The normalized spacial score (nSPS) is 13.4. The molecule has 0 saturated carbocycles. The van der Waals surface area contributed by atoms with Crippen LogP contribution in [0.3, 0.4) is 0 Å². The number of rotatable bonds is 11. The van der Waals surface area contributed by atoms with Crippen molar-refractivity contribution in [2.75, 3.05) is 32.5 Å². The van der Waals surface area contributed by atoms with Crippen molar-refractivity contribution in [3.05, 3.63) is 65.0 Å². The fourth-order valence-electron chi connectivity index (χ4n) is 4.37. The van der Waals surface area contributed by atoms with Gasteiger partial charge in [0.05, 0.1) is 25.5 Å². The molecule has 1 amide bonds. The van der Waals surface area contributed by atoms with E-state index in [1.807, 2.05) is 6.92 Å². The molecule has 0 unspecified atom stereocenters. The van der Waals surface area contributed by atoms with E-state index in [9.17, 15) is 9.59 Å². The van der Waals surface area contributed by atoms with Crippen molar-refractivity contribution >= 4 is 23.9 Å². The number of hydrazone groups is 1. The van der Waals surface area contributed by atoms with Crippen molar-refractivity contribution in [1.29, 1.82) is 0 Å². The van der Waals surface area contributed by atoms with Crippen molar-refractivity contribution in [3.63, 3.8) is 0 Å². The second-order valence-electron chi connectivity index (χ2n) is 9.21. The van der Waals surface area contributed by atoms with E-state index in [1.54, 1.807) is 42.5 Å². The first-order chi connectivity index (χ1) is 20.5. The number of hydrogen-bond acceptors (Lipinski definition) is 13. The Morgan fingerprint density at radius 1 is 1.14 bits per heavy atom. The van der Waals surface area contributed by atoms with Gasteiger partial charge in [-0.1, -0.05) is 11.3 Å². The van der Waals surface area contributed by atoms with Crippen LogP contribution in [0.4, 0.5) is 5.82 Å². The van der Waals surface area contributed by atoms with Crippen LogP contribution in [-0.2, 0) is 6.54 Å². The Morgan fingerprint density at radius 3 is 2.71 bits per heavy atom. The molecule has 15 heteroatoms. The van der Waals surface area contributed by atoms with Crippen molar-refractivity contribution in [2.45, 2.75) is 26.3 Å². The molecule has 3 N–H and O–H groups in total. The lowest BCUT2D eigenvalue weighted by Gasteiger charge is -2.13. The van der Waals surface area contributed by atoms with Crippen LogP contribution in [0.5, 0.6) is 17.2 Å². The lowest BCUT2D eigenvalue weighted by molar-refractivity contribution is 0.0727. The first-order valence-corrected chi connectivity index (χ1v) is 13.2. The number of nitrogens with one attached hydrogen (secondary N) is 1. The third-order valence-corrected chi connectivity index (χ3v) is 6.38. The van der Waals surface area contributed by atoms with E-state index in [2.05, 4.69) is 40.7 Å². The Morgan fingerprint density at radius 2 is 1.98 bits per heavy atom. The van der Waals surface area contributed by atoms with Crippen molar-refractivity contribution < 1.29 is 28.4 Å². The molecule has 218 valence electrons. The van der Waals surface area contributed by atoms with Gasteiger partial charge in [-0.25, -0.2) is 14.8 Å². The molecule has 42 heavy (non-hydrogen) atoms. The smallest absolute Gasteiger partial charge is 0.343 e. The van der Waals surface area contributed by atoms with Gasteiger partial charge in [-0.15, -0.1) is 5.10 Å². The summed E-state index contributed by atoms with van der Waals surface area (Å²) in [6, 6.07) is 11.5. The summed E-state index contributed by atoms with van der Waals surface area (Å²) in [5.41, 5.74) is 9.79. The summed E-state index contributed by atoms with van der Waals surface area (Å²) >= 11 is 0. The molecule has 5 rings (SSSR count). The van der Waals surface area contributed by atoms with Crippen molar-refractivity contribution in [1.82, 2.24) is 35.6 Å². The lowest BCUT2D eigenvalue weighted by Crippen LogP contribution is -2.26. The van der Waals surface area contributed by atoms with E-state index in [-0.39, 0.29) is 23.1 Å². The lowest BCUT2D eigenvalue weighted by atomic mass is 10.2. The van der Waals surface area contributed by atoms with Crippen LogP contribution in [0.25, 0.3) is 5.82 Å². The van der Waals surface area contributed by atoms with Gasteiger partial charge >= 0.3 is 5.97 Å². The summed E-state index contributed by atoms with van der Waals surface area (Å²) in [7, 11) is 1.52. The van der Waals surface area contributed by atoms with Crippen LogP contribution in [0, 0.1) is 0 Å². The highest BCUT2D eigenvalue weighted by molar-refractivity contribution is 5.95. The molecule has 2 aromatic heterocycles. The van der Waals surface area contributed by atoms with E-state index in [0.29, 0.717) is 41.5 Å². The molecule has 0 bridgehead atoms. The molecule has 1 aliphatic heterocycles. The molecule has 1 aliphatic rings. The van der Waals surface area contributed by atoms with Crippen LogP contribution in [-0.4, -0.2) is 75.1 Å². The second kappa shape index (κ2) is 12.9. The van der Waals surface area contributed by atoms with Gasteiger partial charge in [0.2, 0.25) is 11.6 Å². The Hall–Kier alpha value is -5.31. The summed E-state index contributed by atoms with van der Waals surface area (Å²) in [6.45, 7) is 4.35. The van der Waals surface area contributed by atoms with E-state index >= 15 is 0 Å². The molecule has 1 saturated heterocycles. The first-order valence-electron chi connectivity index (χ1n) is 13.2. The van der Waals surface area contributed by atoms with E-state index in [0.717, 1.165) is 25.9 Å². The number of nitrogens with two attached hydrogens (primary N) is 1. The van der Waals surface area contributed by atoms with Crippen LogP contribution < -0.4 is 25.4 Å². The highest BCUT2D eigenvalue weighted by atomic mass is 16.6. The van der Waals surface area contributed by atoms with E-state index < -0.39 is 11.9 Å². The minimum absolute atomic E-state index is 0.0409. The summed E-state index contributed by atoms with van der Waals surface area (Å²) in [5, 5.41) is 19.7. The summed E-state index contributed by atoms with van der Waals surface area (Å²) in [4.78, 5) is 28.2. The predicted molar refractivity (Wildman–Crippen MR) is 149 cm³/mol. The molecule has 0 spiro atoms. The third-order valence-electron chi connectivity index (χ3n) is 6.38. The number of anilines is 1. The highest BCUT2D eigenvalue weighted by Crippen LogP contribution is 2.29. The van der Waals surface area contributed by atoms with E-state index in [4.69, 9.17) is 19.9 Å². The molecule has 0 atom stereocenters. The molecule has 0 radical (unpaired) electrons. The molecular formula is C27H29N9O6. The topological polar surface area (TPSA) is 185 Å². The zero-order valence-corrected chi connectivity index (χ0v) is 23.0. The molecule has 1 fully saturated rings. The number of nitrogens with zero attached hydrogens (tertiary/aromatic N) is 7. The number of carbonyl (C=O) groups excluding carboxylic acids is 2. The molecule has 4 aromatic rings. The molecule has 0 aliphatic carbocycles. The van der Waals surface area contributed by atoms with Crippen LogP contribution >= 0.6 is 0 Å². The molecule has 2 aromatic carbocycles. The Balaban J connectivity index is 1.32. The van der Waals surface area contributed by atoms with E-state index in [1.165, 1.54) is 18.0 Å². The third kappa shape index (κ3) is 6.36. The fraction of sp³-hybridized carbons (Fsp3) is 0.296. The van der Waals surface area contributed by atoms with Crippen LogP contribution in [0.2, 0.25) is 0 Å². The zero-order valence-electron chi connectivity index (χ0n) is 23.0. The number of ether oxygens (including phenoxy) is 3. The van der Waals surface area contributed by atoms with Gasteiger partial charge in [0, 0.05) is 6.54 Å². The maximum atomic E-state index is 13.3. The number of nitrogen functional groups attached to an aromatic ring is 1. The Kier molecular flexibility index (Phi) is 8.67. The predicted octanol–water partition coefficient (Wildman–Crippen LogP) is 2.22. The van der Waals surface area contributed by atoms with Crippen LogP contribution in [0.1, 0.15) is 51.9 Å². The number of methoxy groups -OCH3 is 1. The summed E-state index contributed by atoms with van der Waals surface area (Å²) in [5.74, 6) is -0.0561. The number of carbonyl (C=O) groups is 2. The molecular weight excluding hydrogens is 546 g/mol. The van der Waals surface area contributed by atoms with Gasteiger partial charge in [-0.2, -0.15) is 9.78 Å². The van der Waals surface area contributed by atoms with Gasteiger partial charge in [0.15, 0.2) is 17.2 Å². The minimum Gasteiger partial charge on any atom is -0.497 e. The number of aromatic nitrogens is 5. The SMILES string of the molecule is CCOc1cc(C=NNC(=O)c2c(CN3CCCC3)nnn2-c2nonc2N)ccc1OC(=O)c1cccc(OC)c1. The number of likely N-dealkylation sites (tertiary alicyclic amines) is 1. The van der Waals surface area contributed by atoms with Gasteiger partial charge in [0.1, 0.15) is 11.4 Å². The van der Waals surface area contributed by atoms with Gasteiger partial charge in [-0.3, -0.25) is 9.69 Å². The Labute approximate surface area is 240 Å². The average molecular weight is 576 g/mol. The monoisotopic (exact) mass is 575 g/mol. The number of hydrogen-bond donors (Lipinski definition) is 2. The Bertz CT molecular complexity index is 1590. The fourth-order valence-corrected chi connectivity index (χ4v) is 4.37. The molecule has 15 nitrogen and oxygen atoms in total. The largest absolute Gasteiger partial charge is 0.497 e. The number of benzene rings is 2. The van der Waals surface area contributed by atoms with Crippen LogP contribution in [0.15, 0.2) is 52.2 Å². The van der Waals surface area contributed by atoms with Gasteiger partial charge < -0.3 is 19.9 Å². The molecule has 3 heterocycles. The maximum Gasteiger partial charge on any atom is 0.343 e. The summed E-state index contributed by atoms with van der Waals surface area (Å²) < 4.78 is 22.3. The first kappa shape index (κ1) is 28.2. The summed E-state index contributed by atoms with van der Waals surface area (Å²) in [6.07, 6.45) is 3.57. The zero-order chi connectivity index (χ0) is 29.5. The van der Waals surface area contributed by atoms with Gasteiger partial charge in [0.25, 0.3) is 5.91 Å². The van der Waals surface area contributed by atoms with Gasteiger partial charge in [-0.05, 0) is 85.1 Å². The van der Waals surface area contributed by atoms with Crippen molar-refractivity contribution in [3.8, 4) is 23.1 Å². The maximum absolute atomic E-state index is 13.3. The van der Waals surface area contributed by atoms with Crippen molar-refractivity contribution in [2.24, 2.45) is 5.10 Å². The standard InChI is InChI=1S/C27H29N9O6/c1-3-40-22-13-17(9-10-21(22)41-27(38)18-7-6-8-19(14-18)39-2)15-29-31-26(37)23-20(16-35-11-4-5-12-35)30-34-36(23)25-24(28)32-42-33-25/h6-10,13-15H,3-5,11-12,16H2,1-2H3,(H2,28,32)(H,31,37). The minimum atomic E-state index is -0.582.